The molecule has 1 unspecified atom stereocenters. The first-order valence-corrected chi connectivity index (χ1v) is 8.36. The highest BCUT2D eigenvalue weighted by molar-refractivity contribution is 5.84. The van der Waals surface area contributed by atoms with Crippen LogP contribution in [0.4, 0.5) is 0 Å². The molecular formula is C17H28N4O3. The van der Waals surface area contributed by atoms with Gasteiger partial charge in [-0.15, -0.1) is 0 Å². The SMILES string of the molecule is CN(C)C(=O)CN=C(NCCc1ccco1)N(C)CC1CCOC1. The standard InChI is InChI=1S/C17H28N4O3/c1-20(2)16(22)11-19-17(18-8-6-15-5-4-9-24-15)21(3)12-14-7-10-23-13-14/h4-5,9,14H,6-8,10-13H2,1-3H3,(H,18,19). The molecule has 1 saturated heterocycles. The van der Waals surface area contributed by atoms with Crippen LogP contribution in [-0.2, 0) is 16.0 Å². The Labute approximate surface area is 143 Å². The topological polar surface area (TPSA) is 70.3 Å². The Bertz CT molecular complexity index is 522. The number of rotatable bonds is 7. The second-order valence-electron chi connectivity index (χ2n) is 6.29. The van der Waals surface area contributed by atoms with Gasteiger partial charge in [-0.05, 0) is 18.6 Å². The van der Waals surface area contributed by atoms with E-state index in [0.29, 0.717) is 12.5 Å². The molecule has 0 saturated carbocycles. The lowest BCUT2D eigenvalue weighted by molar-refractivity contribution is -0.127. The van der Waals surface area contributed by atoms with E-state index in [1.54, 1.807) is 25.3 Å². The molecule has 2 heterocycles. The summed E-state index contributed by atoms with van der Waals surface area (Å²) in [7, 11) is 5.47. The van der Waals surface area contributed by atoms with Gasteiger partial charge in [0.05, 0.1) is 12.9 Å². The molecule has 1 aromatic rings. The number of ether oxygens (including phenoxy) is 1. The summed E-state index contributed by atoms with van der Waals surface area (Å²) >= 11 is 0. The highest BCUT2D eigenvalue weighted by Crippen LogP contribution is 2.13. The number of hydrogen-bond donors (Lipinski definition) is 1. The molecule has 7 heteroatoms. The Morgan fingerprint density at radius 1 is 1.42 bits per heavy atom. The van der Waals surface area contributed by atoms with Crippen molar-refractivity contribution in [1.29, 1.82) is 0 Å². The van der Waals surface area contributed by atoms with Crippen LogP contribution in [0.2, 0.25) is 0 Å². The Hall–Kier alpha value is -2.02. The lowest BCUT2D eigenvalue weighted by Gasteiger charge is -2.25. The van der Waals surface area contributed by atoms with Crippen molar-refractivity contribution in [3.05, 3.63) is 24.2 Å². The minimum Gasteiger partial charge on any atom is -0.469 e. The van der Waals surface area contributed by atoms with Crippen molar-refractivity contribution in [2.24, 2.45) is 10.9 Å². The maximum Gasteiger partial charge on any atom is 0.243 e. The van der Waals surface area contributed by atoms with Crippen LogP contribution in [0, 0.1) is 5.92 Å². The van der Waals surface area contributed by atoms with E-state index in [0.717, 1.165) is 44.3 Å². The summed E-state index contributed by atoms with van der Waals surface area (Å²) < 4.78 is 10.8. The number of carbonyl (C=O) groups is 1. The first-order valence-electron chi connectivity index (χ1n) is 8.36. The normalized spacial score (nSPS) is 17.8. The molecule has 1 aliphatic rings. The first-order chi connectivity index (χ1) is 11.6. The van der Waals surface area contributed by atoms with Crippen LogP contribution >= 0.6 is 0 Å². The van der Waals surface area contributed by atoms with E-state index < -0.39 is 0 Å². The van der Waals surface area contributed by atoms with Crippen LogP contribution in [0.5, 0.6) is 0 Å². The number of likely N-dealkylation sites (N-methyl/N-ethyl adjacent to an activating group) is 1. The van der Waals surface area contributed by atoms with Crippen LogP contribution in [0.25, 0.3) is 0 Å². The molecular weight excluding hydrogens is 308 g/mol. The first kappa shape index (κ1) is 18.3. The Kier molecular flexibility index (Phi) is 7.11. The minimum absolute atomic E-state index is 0.0158. The van der Waals surface area contributed by atoms with Crippen molar-refractivity contribution in [3.63, 3.8) is 0 Å². The van der Waals surface area contributed by atoms with Gasteiger partial charge in [0.1, 0.15) is 12.3 Å². The van der Waals surface area contributed by atoms with Gasteiger partial charge in [0, 0.05) is 53.2 Å². The fraction of sp³-hybridized carbons (Fsp3) is 0.647. The molecule has 1 N–H and O–H groups in total. The third-order valence-electron chi connectivity index (χ3n) is 4.02. The molecule has 134 valence electrons. The summed E-state index contributed by atoms with van der Waals surface area (Å²) in [4.78, 5) is 19.9. The zero-order valence-electron chi connectivity index (χ0n) is 14.8. The van der Waals surface area contributed by atoms with Crippen molar-refractivity contribution in [1.82, 2.24) is 15.1 Å². The van der Waals surface area contributed by atoms with Crippen molar-refractivity contribution in [2.75, 3.05) is 54.0 Å². The molecule has 1 fully saturated rings. The number of nitrogens with zero attached hydrogens (tertiary/aromatic N) is 3. The molecule has 7 nitrogen and oxygen atoms in total. The average molecular weight is 336 g/mol. The molecule has 0 aromatic carbocycles. The summed E-state index contributed by atoms with van der Waals surface area (Å²) in [5, 5.41) is 3.33. The highest BCUT2D eigenvalue weighted by Gasteiger charge is 2.19. The maximum absolute atomic E-state index is 11.8. The van der Waals surface area contributed by atoms with Gasteiger partial charge in [0.25, 0.3) is 0 Å². The van der Waals surface area contributed by atoms with Crippen molar-refractivity contribution in [3.8, 4) is 0 Å². The van der Waals surface area contributed by atoms with E-state index in [1.807, 2.05) is 19.2 Å². The number of carbonyl (C=O) groups excluding carboxylic acids is 1. The summed E-state index contributed by atoms with van der Waals surface area (Å²) in [6, 6.07) is 3.83. The predicted molar refractivity (Wildman–Crippen MR) is 93.0 cm³/mol. The summed E-state index contributed by atoms with van der Waals surface area (Å²) in [6.45, 7) is 3.33. The van der Waals surface area contributed by atoms with Crippen LogP contribution in [0.1, 0.15) is 12.2 Å². The maximum atomic E-state index is 11.8. The molecule has 1 amide bonds. The zero-order chi connectivity index (χ0) is 17.4. The van der Waals surface area contributed by atoms with E-state index in [2.05, 4.69) is 15.2 Å². The van der Waals surface area contributed by atoms with Gasteiger partial charge < -0.3 is 24.3 Å². The lowest BCUT2D eigenvalue weighted by Crippen LogP contribution is -2.43. The number of hydrogen-bond acceptors (Lipinski definition) is 4. The van der Waals surface area contributed by atoms with Crippen molar-refractivity contribution in [2.45, 2.75) is 12.8 Å². The molecule has 1 atom stereocenters. The smallest absolute Gasteiger partial charge is 0.243 e. The number of amides is 1. The molecule has 1 aromatic heterocycles. The summed E-state index contributed by atoms with van der Waals surface area (Å²) in [5.41, 5.74) is 0. The van der Waals surface area contributed by atoms with Gasteiger partial charge in [-0.25, -0.2) is 4.99 Å². The monoisotopic (exact) mass is 336 g/mol. The number of guanidine groups is 1. The minimum atomic E-state index is -0.0158. The Morgan fingerprint density at radius 3 is 2.88 bits per heavy atom. The molecule has 2 rings (SSSR count). The second-order valence-corrected chi connectivity index (χ2v) is 6.29. The second kappa shape index (κ2) is 9.32. The van der Waals surface area contributed by atoms with Crippen molar-refractivity contribution >= 4 is 11.9 Å². The molecule has 0 bridgehead atoms. The van der Waals surface area contributed by atoms with Gasteiger partial charge in [0.15, 0.2) is 5.96 Å². The Balaban J connectivity index is 1.90. The number of aliphatic imine (C=N–C) groups is 1. The van der Waals surface area contributed by atoms with Gasteiger partial charge in [-0.2, -0.15) is 0 Å². The quantitative estimate of drug-likeness (QED) is 0.590. The highest BCUT2D eigenvalue weighted by atomic mass is 16.5. The molecule has 1 aliphatic heterocycles. The van der Waals surface area contributed by atoms with E-state index in [9.17, 15) is 4.79 Å². The zero-order valence-corrected chi connectivity index (χ0v) is 14.8. The van der Waals surface area contributed by atoms with E-state index in [4.69, 9.17) is 9.15 Å². The van der Waals surface area contributed by atoms with Crippen LogP contribution in [0.15, 0.2) is 27.8 Å². The van der Waals surface area contributed by atoms with Gasteiger partial charge in [-0.3, -0.25) is 4.79 Å². The summed E-state index contributed by atoms with van der Waals surface area (Å²) in [5.74, 6) is 2.16. The van der Waals surface area contributed by atoms with Gasteiger partial charge >= 0.3 is 0 Å². The van der Waals surface area contributed by atoms with Gasteiger partial charge in [-0.1, -0.05) is 0 Å². The number of nitrogens with one attached hydrogen (secondary N) is 1. The molecule has 0 aliphatic carbocycles. The predicted octanol–water partition coefficient (Wildman–Crippen LogP) is 0.824. The van der Waals surface area contributed by atoms with E-state index >= 15 is 0 Å². The molecule has 0 spiro atoms. The summed E-state index contributed by atoms with van der Waals surface area (Å²) in [6.07, 6.45) is 3.51. The molecule has 24 heavy (non-hydrogen) atoms. The fourth-order valence-electron chi connectivity index (χ4n) is 2.55. The van der Waals surface area contributed by atoms with Gasteiger partial charge in [0.2, 0.25) is 5.91 Å². The third kappa shape index (κ3) is 5.88. The van der Waals surface area contributed by atoms with E-state index in [1.165, 1.54) is 0 Å². The molecule has 0 radical (unpaired) electrons. The number of furan rings is 1. The lowest BCUT2D eigenvalue weighted by atomic mass is 10.1. The third-order valence-corrected chi connectivity index (χ3v) is 4.02. The average Bonchev–Trinajstić information content (AvgIpc) is 3.23. The van der Waals surface area contributed by atoms with Crippen LogP contribution < -0.4 is 5.32 Å². The largest absolute Gasteiger partial charge is 0.469 e. The van der Waals surface area contributed by atoms with Crippen LogP contribution in [0.3, 0.4) is 0 Å². The Morgan fingerprint density at radius 2 is 2.25 bits per heavy atom. The van der Waals surface area contributed by atoms with Crippen LogP contribution in [-0.4, -0.2) is 75.7 Å². The fourth-order valence-corrected chi connectivity index (χ4v) is 2.55. The van der Waals surface area contributed by atoms with Crippen molar-refractivity contribution < 1.29 is 13.9 Å². The van der Waals surface area contributed by atoms with E-state index in [-0.39, 0.29) is 12.5 Å².